The van der Waals surface area contributed by atoms with Crippen molar-refractivity contribution in [2.75, 3.05) is 0 Å². The molecule has 2 aromatic carbocycles. The maximum atomic E-state index is 12.4. The molecule has 3 rings (SSSR count). The zero-order chi connectivity index (χ0) is 20.7. The summed E-state index contributed by atoms with van der Waals surface area (Å²) in [6, 6.07) is 20.3. The highest BCUT2D eigenvalue weighted by molar-refractivity contribution is 7.93. The standard InChI is InChI=1S/C20H18N2O5S2/c1-15(21-28-27-26-17-9-5-3-6-10-17)19-13-14-20(25-19)16(2)22-29(23,24)18-11-7-4-8-12-18/h3-14H,1-2H3/b21-15+,22-16+. The minimum atomic E-state index is -3.81. The van der Waals surface area contributed by atoms with Crippen LogP contribution in [0.2, 0.25) is 0 Å². The molecule has 0 fully saturated rings. The van der Waals surface area contributed by atoms with Gasteiger partial charge in [-0.3, -0.25) is 0 Å². The van der Waals surface area contributed by atoms with Crippen molar-refractivity contribution in [3.8, 4) is 5.75 Å². The lowest BCUT2D eigenvalue weighted by molar-refractivity contribution is -0.0776. The van der Waals surface area contributed by atoms with Crippen molar-refractivity contribution in [2.45, 2.75) is 18.7 Å². The van der Waals surface area contributed by atoms with Gasteiger partial charge in [-0.15, -0.1) is 0 Å². The van der Waals surface area contributed by atoms with Crippen LogP contribution in [0.3, 0.4) is 0 Å². The number of para-hydroxylation sites is 1. The summed E-state index contributed by atoms with van der Waals surface area (Å²) in [6.45, 7) is 3.30. The van der Waals surface area contributed by atoms with Gasteiger partial charge in [-0.05, 0) is 50.2 Å². The molecule has 7 nitrogen and oxygen atoms in total. The monoisotopic (exact) mass is 430 g/mol. The van der Waals surface area contributed by atoms with Crippen molar-refractivity contribution in [2.24, 2.45) is 8.80 Å². The Morgan fingerprint density at radius 1 is 0.862 bits per heavy atom. The molecule has 0 spiro atoms. The topological polar surface area (TPSA) is 90.5 Å². The molecule has 0 bridgehead atoms. The maximum absolute atomic E-state index is 12.4. The number of hydrogen-bond acceptors (Lipinski definition) is 7. The van der Waals surface area contributed by atoms with Crippen molar-refractivity contribution in [1.82, 2.24) is 0 Å². The van der Waals surface area contributed by atoms with Crippen LogP contribution >= 0.6 is 12.2 Å². The largest absolute Gasteiger partial charge is 0.453 e. The fourth-order valence-corrected chi connectivity index (χ4v) is 3.64. The van der Waals surface area contributed by atoms with Crippen LogP contribution in [0.15, 0.2) is 90.9 Å². The third-order valence-corrected chi connectivity index (χ3v) is 5.55. The molecule has 29 heavy (non-hydrogen) atoms. The number of rotatable bonds is 8. The second-order valence-electron chi connectivity index (χ2n) is 5.84. The fraction of sp³-hybridized carbons (Fsp3) is 0.100. The van der Waals surface area contributed by atoms with Gasteiger partial charge in [-0.25, -0.2) is 0 Å². The van der Waals surface area contributed by atoms with Crippen LogP contribution in [0.25, 0.3) is 0 Å². The second-order valence-corrected chi connectivity index (χ2v) is 7.92. The predicted molar refractivity (Wildman–Crippen MR) is 113 cm³/mol. The van der Waals surface area contributed by atoms with Crippen LogP contribution in [0.4, 0.5) is 0 Å². The third-order valence-electron chi connectivity index (χ3n) is 3.70. The number of benzene rings is 2. The Bertz CT molecular complexity index is 1110. The van der Waals surface area contributed by atoms with Crippen LogP contribution in [-0.2, 0) is 14.4 Å². The first-order chi connectivity index (χ1) is 14.0. The predicted octanol–water partition coefficient (Wildman–Crippen LogP) is 4.86. The number of furan rings is 1. The fourth-order valence-electron chi connectivity index (χ4n) is 2.24. The van der Waals surface area contributed by atoms with E-state index in [4.69, 9.17) is 13.6 Å². The molecule has 1 aromatic heterocycles. The maximum Gasteiger partial charge on any atom is 0.282 e. The number of sulfonamides is 1. The average molecular weight is 431 g/mol. The summed E-state index contributed by atoms with van der Waals surface area (Å²) in [5, 5.41) is 0. The van der Waals surface area contributed by atoms with Crippen LogP contribution < -0.4 is 4.89 Å². The molecule has 0 aliphatic heterocycles. The van der Waals surface area contributed by atoms with E-state index in [2.05, 4.69) is 8.80 Å². The van der Waals surface area contributed by atoms with Gasteiger partial charge in [0, 0.05) is 0 Å². The lowest BCUT2D eigenvalue weighted by Gasteiger charge is -2.01. The van der Waals surface area contributed by atoms with E-state index in [1.807, 2.05) is 18.2 Å². The normalized spacial score (nSPS) is 12.8. The summed E-state index contributed by atoms with van der Waals surface area (Å²) in [5.74, 6) is 1.35. The highest BCUT2D eigenvalue weighted by Crippen LogP contribution is 2.18. The first kappa shape index (κ1) is 20.8. The van der Waals surface area contributed by atoms with Crippen LogP contribution in [0.5, 0.6) is 5.75 Å². The van der Waals surface area contributed by atoms with E-state index in [0.717, 1.165) is 12.2 Å². The van der Waals surface area contributed by atoms with Crippen molar-refractivity contribution < 1.29 is 22.1 Å². The minimum Gasteiger partial charge on any atom is -0.453 e. The van der Waals surface area contributed by atoms with Gasteiger partial charge in [0.25, 0.3) is 10.0 Å². The number of nitrogens with zero attached hydrogens (tertiary/aromatic N) is 2. The van der Waals surface area contributed by atoms with E-state index < -0.39 is 10.0 Å². The average Bonchev–Trinajstić information content (AvgIpc) is 3.23. The Morgan fingerprint density at radius 3 is 2.10 bits per heavy atom. The minimum absolute atomic E-state index is 0.121. The van der Waals surface area contributed by atoms with E-state index in [1.165, 1.54) is 12.1 Å². The Hall–Kier alpha value is -2.88. The lowest BCUT2D eigenvalue weighted by atomic mass is 10.3. The van der Waals surface area contributed by atoms with Crippen LogP contribution in [-0.4, -0.2) is 19.8 Å². The summed E-state index contributed by atoms with van der Waals surface area (Å²) in [7, 11) is -3.81. The molecular formula is C20H18N2O5S2. The molecule has 150 valence electrons. The Labute approximate surface area is 173 Å². The quantitative estimate of drug-likeness (QED) is 0.127. The second kappa shape index (κ2) is 9.55. The Balaban J connectivity index is 1.64. The smallest absolute Gasteiger partial charge is 0.282 e. The van der Waals surface area contributed by atoms with Crippen LogP contribution in [0, 0.1) is 0 Å². The summed E-state index contributed by atoms with van der Waals surface area (Å²) in [6.07, 6.45) is 0. The van der Waals surface area contributed by atoms with E-state index >= 15 is 0 Å². The molecule has 0 amide bonds. The zero-order valence-electron chi connectivity index (χ0n) is 15.7. The van der Waals surface area contributed by atoms with E-state index in [0.29, 0.717) is 23.0 Å². The first-order valence-corrected chi connectivity index (χ1v) is 10.7. The molecule has 1 heterocycles. The molecule has 0 atom stereocenters. The zero-order valence-corrected chi connectivity index (χ0v) is 17.3. The van der Waals surface area contributed by atoms with E-state index in [9.17, 15) is 8.42 Å². The molecule has 0 N–H and O–H groups in total. The first-order valence-electron chi connectivity index (χ1n) is 8.53. The van der Waals surface area contributed by atoms with Gasteiger partial charge in [0.15, 0.2) is 18.0 Å². The van der Waals surface area contributed by atoms with Gasteiger partial charge >= 0.3 is 0 Å². The molecule has 0 unspecified atom stereocenters. The summed E-state index contributed by atoms with van der Waals surface area (Å²) in [5.41, 5.74) is 0.779. The van der Waals surface area contributed by atoms with E-state index in [1.54, 1.807) is 56.3 Å². The van der Waals surface area contributed by atoms with Gasteiger partial charge in [0.05, 0.1) is 16.3 Å². The molecule has 0 saturated carbocycles. The third kappa shape index (κ3) is 5.80. The number of hydrogen-bond donors (Lipinski definition) is 0. The highest BCUT2D eigenvalue weighted by atomic mass is 32.2. The van der Waals surface area contributed by atoms with Crippen molar-refractivity contribution >= 4 is 33.7 Å². The summed E-state index contributed by atoms with van der Waals surface area (Å²) >= 11 is 0.756. The van der Waals surface area contributed by atoms with Crippen molar-refractivity contribution in [3.63, 3.8) is 0 Å². The molecule has 0 saturated heterocycles. The van der Waals surface area contributed by atoms with Gasteiger partial charge in [-0.1, -0.05) is 40.7 Å². The Kier molecular flexibility index (Phi) is 6.86. The Morgan fingerprint density at radius 2 is 1.45 bits per heavy atom. The molecular weight excluding hydrogens is 412 g/mol. The highest BCUT2D eigenvalue weighted by Gasteiger charge is 2.15. The van der Waals surface area contributed by atoms with Crippen molar-refractivity contribution in [1.29, 1.82) is 0 Å². The SMILES string of the molecule is C/C(=N\SOOc1ccccc1)c1ccc(/C(C)=N/S(=O)(=O)c2ccccc2)o1. The molecule has 0 radical (unpaired) electrons. The molecule has 9 heteroatoms. The van der Waals surface area contributed by atoms with Gasteiger partial charge in [0.1, 0.15) is 11.5 Å². The summed E-state index contributed by atoms with van der Waals surface area (Å²) in [4.78, 5) is 5.19. The molecule has 0 aliphatic carbocycles. The van der Waals surface area contributed by atoms with Gasteiger partial charge in [0.2, 0.25) is 0 Å². The van der Waals surface area contributed by atoms with Gasteiger partial charge < -0.3 is 9.30 Å². The molecule has 3 aromatic rings. The summed E-state index contributed by atoms with van der Waals surface area (Å²) < 4.78 is 43.3. The van der Waals surface area contributed by atoms with E-state index in [-0.39, 0.29) is 10.6 Å². The van der Waals surface area contributed by atoms with Gasteiger partial charge in [-0.2, -0.15) is 17.2 Å². The lowest BCUT2D eigenvalue weighted by Crippen LogP contribution is -2.02. The van der Waals surface area contributed by atoms with Crippen LogP contribution in [0.1, 0.15) is 25.4 Å². The van der Waals surface area contributed by atoms with Crippen molar-refractivity contribution in [3.05, 3.63) is 84.3 Å². The molecule has 0 aliphatic rings.